The number of amides is 1. The fourth-order valence-electron chi connectivity index (χ4n) is 8.66. The van der Waals surface area contributed by atoms with E-state index >= 15 is 0 Å². The quantitative estimate of drug-likeness (QED) is 0.0363. The summed E-state index contributed by atoms with van der Waals surface area (Å²) in [7, 11) is 0. The number of carbonyl (C=O) groups excluding carboxylic acids is 1. The lowest BCUT2D eigenvalue weighted by molar-refractivity contribution is -0.131. The van der Waals surface area contributed by atoms with Crippen molar-refractivity contribution >= 4 is 5.91 Å². The van der Waals surface area contributed by atoms with Gasteiger partial charge in [-0.05, 0) is 38.5 Å². The number of carbonyl (C=O) groups is 1. The van der Waals surface area contributed by atoms with Crippen LogP contribution in [0.4, 0.5) is 0 Å². The first-order valence-corrected chi connectivity index (χ1v) is 27.0. The van der Waals surface area contributed by atoms with Gasteiger partial charge in [0.25, 0.3) is 0 Å². The molecule has 0 saturated carbocycles. The van der Waals surface area contributed by atoms with E-state index in [-0.39, 0.29) is 6.61 Å². The third-order valence-electron chi connectivity index (χ3n) is 12.9. The third kappa shape index (κ3) is 44.9. The van der Waals surface area contributed by atoms with Crippen molar-refractivity contribution in [3.05, 3.63) is 12.2 Å². The van der Waals surface area contributed by atoms with Gasteiger partial charge >= 0.3 is 0 Å². The van der Waals surface area contributed by atoms with E-state index in [1.54, 1.807) is 0 Å². The third-order valence-corrected chi connectivity index (χ3v) is 12.9. The Hall–Kier alpha value is -0.910. The van der Waals surface area contributed by atoms with Crippen molar-refractivity contribution in [1.82, 2.24) is 5.32 Å². The first-order valence-electron chi connectivity index (χ1n) is 27.0. The van der Waals surface area contributed by atoms with E-state index in [0.717, 1.165) is 32.1 Å². The maximum Gasteiger partial charge on any atom is 0.249 e. The van der Waals surface area contributed by atoms with Crippen molar-refractivity contribution in [3.63, 3.8) is 0 Å². The van der Waals surface area contributed by atoms with E-state index in [4.69, 9.17) is 0 Å². The van der Waals surface area contributed by atoms with Crippen LogP contribution in [0.5, 0.6) is 0 Å². The van der Waals surface area contributed by atoms with Crippen LogP contribution in [-0.2, 0) is 4.79 Å². The Labute approximate surface area is 369 Å². The summed E-state index contributed by atoms with van der Waals surface area (Å²) < 4.78 is 0. The van der Waals surface area contributed by atoms with Crippen LogP contribution < -0.4 is 5.32 Å². The molecule has 0 rings (SSSR count). The summed E-state index contributed by atoms with van der Waals surface area (Å²) in [6.07, 6.45) is 61.4. The average Bonchev–Trinajstić information content (AvgIpc) is 3.24. The summed E-state index contributed by atoms with van der Waals surface area (Å²) in [5.41, 5.74) is 0. The second kappa shape index (κ2) is 49.7. The molecule has 4 N–H and O–H groups in total. The maximum absolute atomic E-state index is 12.5. The van der Waals surface area contributed by atoms with Crippen LogP contribution in [0, 0.1) is 0 Å². The number of allylic oxidation sites excluding steroid dienone is 2. The zero-order chi connectivity index (χ0) is 43.0. The van der Waals surface area contributed by atoms with Crippen molar-refractivity contribution in [1.29, 1.82) is 0 Å². The molecule has 0 aliphatic carbocycles. The highest BCUT2D eigenvalue weighted by Gasteiger charge is 2.23. The van der Waals surface area contributed by atoms with Crippen molar-refractivity contribution in [2.24, 2.45) is 0 Å². The monoisotopic (exact) mass is 834 g/mol. The molecule has 59 heavy (non-hydrogen) atoms. The molecular weight excluding hydrogens is 727 g/mol. The van der Waals surface area contributed by atoms with Gasteiger partial charge in [0.05, 0.1) is 18.8 Å². The van der Waals surface area contributed by atoms with E-state index in [2.05, 4.69) is 31.3 Å². The maximum atomic E-state index is 12.5. The van der Waals surface area contributed by atoms with Gasteiger partial charge in [-0.25, -0.2) is 0 Å². The molecule has 5 heteroatoms. The summed E-state index contributed by atoms with van der Waals surface area (Å²) in [6.45, 7) is 4.23. The molecular formula is C54H107NO4. The molecule has 0 radical (unpaired) electrons. The van der Waals surface area contributed by atoms with Crippen LogP contribution in [0.1, 0.15) is 303 Å². The molecule has 0 aromatic heterocycles. The second-order valence-corrected chi connectivity index (χ2v) is 18.8. The predicted molar refractivity (Wildman–Crippen MR) is 259 cm³/mol. The Morgan fingerprint density at radius 3 is 0.932 bits per heavy atom. The molecule has 0 spiro atoms. The van der Waals surface area contributed by atoms with E-state index in [1.807, 2.05) is 0 Å². The van der Waals surface area contributed by atoms with Crippen molar-refractivity contribution in [2.75, 3.05) is 6.61 Å². The van der Waals surface area contributed by atoms with Gasteiger partial charge in [0, 0.05) is 0 Å². The molecule has 0 fully saturated rings. The highest BCUT2D eigenvalue weighted by atomic mass is 16.3. The van der Waals surface area contributed by atoms with E-state index in [1.165, 1.54) is 244 Å². The van der Waals surface area contributed by atoms with Gasteiger partial charge in [0.1, 0.15) is 6.10 Å². The lowest BCUT2D eigenvalue weighted by Gasteiger charge is -2.23. The number of nitrogens with one attached hydrogen (secondary N) is 1. The van der Waals surface area contributed by atoms with Gasteiger partial charge in [-0.1, -0.05) is 276 Å². The number of hydrogen-bond donors (Lipinski definition) is 4. The minimum Gasteiger partial charge on any atom is -0.394 e. The number of aliphatic hydroxyl groups is 3. The van der Waals surface area contributed by atoms with Gasteiger partial charge in [0.15, 0.2) is 0 Å². The normalized spacial score (nSPS) is 13.4. The zero-order valence-corrected chi connectivity index (χ0v) is 40.2. The highest BCUT2D eigenvalue weighted by molar-refractivity contribution is 5.80. The molecule has 0 saturated heterocycles. The van der Waals surface area contributed by atoms with E-state index in [9.17, 15) is 20.1 Å². The van der Waals surface area contributed by atoms with E-state index < -0.39 is 24.2 Å². The average molecular weight is 834 g/mol. The Balaban J connectivity index is 3.40. The Kier molecular flexibility index (Phi) is 49.0. The van der Waals surface area contributed by atoms with Crippen LogP contribution in [0.25, 0.3) is 0 Å². The van der Waals surface area contributed by atoms with Gasteiger partial charge < -0.3 is 20.6 Å². The predicted octanol–water partition coefficient (Wildman–Crippen LogP) is 16.3. The Bertz CT molecular complexity index is 833. The second-order valence-electron chi connectivity index (χ2n) is 18.8. The minimum atomic E-state index is -1.07. The first kappa shape index (κ1) is 58.1. The molecule has 5 nitrogen and oxygen atoms in total. The number of rotatable bonds is 50. The number of unbranched alkanes of at least 4 members (excludes halogenated alkanes) is 40. The lowest BCUT2D eigenvalue weighted by Crippen LogP contribution is -2.49. The molecule has 0 aliphatic rings. The molecule has 0 aromatic carbocycles. The van der Waals surface area contributed by atoms with Crippen molar-refractivity contribution < 1.29 is 20.1 Å². The molecule has 0 aliphatic heterocycles. The van der Waals surface area contributed by atoms with Gasteiger partial charge in [-0.2, -0.15) is 0 Å². The van der Waals surface area contributed by atoms with Gasteiger partial charge in [0.2, 0.25) is 5.91 Å². The van der Waals surface area contributed by atoms with E-state index in [0.29, 0.717) is 12.8 Å². The van der Waals surface area contributed by atoms with Crippen LogP contribution in [0.2, 0.25) is 0 Å². The lowest BCUT2D eigenvalue weighted by atomic mass is 10.0. The molecule has 3 atom stereocenters. The topological polar surface area (TPSA) is 89.8 Å². The SMILES string of the molecule is CCCCCCCCCCCCCCCCCC/C=C\CCCCCCCCCCCCCCCCCCC(O)C(=O)NC(CO)C(O)CCCCCCCCCCC. The van der Waals surface area contributed by atoms with Crippen LogP contribution >= 0.6 is 0 Å². The molecule has 3 unspecified atom stereocenters. The Morgan fingerprint density at radius 1 is 0.390 bits per heavy atom. The number of aliphatic hydroxyl groups excluding tert-OH is 3. The first-order chi connectivity index (χ1) is 29.1. The summed E-state index contributed by atoms with van der Waals surface area (Å²) in [4.78, 5) is 12.5. The molecule has 352 valence electrons. The summed E-state index contributed by atoms with van der Waals surface area (Å²) in [6, 6.07) is -0.706. The minimum absolute atomic E-state index is 0.310. The largest absolute Gasteiger partial charge is 0.394 e. The fraction of sp³-hybridized carbons (Fsp3) is 0.944. The molecule has 1 amide bonds. The van der Waals surface area contributed by atoms with Crippen molar-refractivity contribution in [2.45, 2.75) is 321 Å². The summed E-state index contributed by atoms with van der Waals surface area (Å²) >= 11 is 0. The number of hydrogen-bond acceptors (Lipinski definition) is 4. The van der Waals surface area contributed by atoms with Crippen molar-refractivity contribution in [3.8, 4) is 0 Å². The highest BCUT2D eigenvalue weighted by Crippen LogP contribution is 2.18. The molecule has 0 aromatic rings. The van der Waals surface area contributed by atoms with Crippen LogP contribution in [0.15, 0.2) is 12.2 Å². The Morgan fingerprint density at radius 2 is 0.644 bits per heavy atom. The summed E-state index contributed by atoms with van der Waals surface area (Å²) in [5, 5.41) is 33.2. The van der Waals surface area contributed by atoms with Gasteiger partial charge in [-0.15, -0.1) is 0 Å². The van der Waals surface area contributed by atoms with Gasteiger partial charge in [-0.3, -0.25) is 4.79 Å². The summed E-state index contributed by atoms with van der Waals surface area (Å²) in [5.74, 6) is -0.468. The molecule has 0 heterocycles. The smallest absolute Gasteiger partial charge is 0.249 e. The van der Waals surface area contributed by atoms with Crippen LogP contribution in [-0.4, -0.2) is 46.1 Å². The zero-order valence-electron chi connectivity index (χ0n) is 40.2. The fourth-order valence-corrected chi connectivity index (χ4v) is 8.66. The standard InChI is InChI=1S/C54H107NO4/c1-3-5-7-9-11-13-14-15-16-17-18-19-20-21-22-23-24-25-26-27-28-29-30-31-32-33-34-35-36-37-38-39-41-43-45-47-49-53(58)54(59)55-51(50-56)52(57)48-46-44-42-40-12-10-8-6-4-2/h25-26,51-53,56-58H,3-24,27-50H2,1-2H3,(H,55,59)/b26-25-. The molecule has 0 bridgehead atoms. The van der Waals surface area contributed by atoms with Crippen LogP contribution in [0.3, 0.4) is 0 Å².